The minimum absolute atomic E-state index is 0.379. The summed E-state index contributed by atoms with van der Waals surface area (Å²) in [5.41, 5.74) is 0. The van der Waals surface area contributed by atoms with Gasteiger partial charge in [-0.15, -0.1) is 0 Å². The van der Waals surface area contributed by atoms with Crippen LogP contribution < -0.4 is 15.4 Å². The van der Waals surface area contributed by atoms with Crippen LogP contribution in [0.2, 0.25) is 0 Å². The first-order valence-electron chi connectivity index (χ1n) is 7.62. The lowest BCUT2D eigenvalue weighted by molar-refractivity contribution is 0.311. The molecule has 0 radical (unpaired) electrons. The van der Waals surface area contributed by atoms with Crippen LogP contribution in [0.1, 0.15) is 46.5 Å². The second-order valence-electron chi connectivity index (χ2n) is 5.24. The van der Waals surface area contributed by atoms with Crippen molar-refractivity contribution >= 4 is 11.9 Å². The topological polar surface area (TPSA) is 72.0 Å². The molecule has 2 atom stereocenters. The fourth-order valence-corrected chi connectivity index (χ4v) is 2.55. The van der Waals surface area contributed by atoms with Gasteiger partial charge in [-0.3, -0.25) is 0 Å². The average molecular weight is 279 g/mol. The van der Waals surface area contributed by atoms with Crippen LogP contribution in [0.5, 0.6) is 6.01 Å². The van der Waals surface area contributed by atoms with Gasteiger partial charge in [0, 0.05) is 12.6 Å². The Bertz CT molecular complexity index is 402. The van der Waals surface area contributed by atoms with Gasteiger partial charge < -0.3 is 15.4 Å². The van der Waals surface area contributed by atoms with Crippen LogP contribution in [0.25, 0.3) is 0 Å². The maximum absolute atomic E-state index is 5.41. The van der Waals surface area contributed by atoms with Gasteiger partial charge in [-0.1, -0.05) is 19.8 Å². The first-order valence-corrected chi connectivity index (χ1v) is 7.62. The number of anilines is 2. The van der Waals surface area contributed by atoms with Crippen molar-refractivity contribution in [1.29, 1.82) is 0 Å². The van der Waals surface area contributed by atoms with E-state index in [1.54, 1.807) is 0 Å². The van der Waals surface area contributed by atoms with Crippen molar-refractivity contribution in [3.63, 3.8) is 0 Å². The second kappa shape index (κ2) is 7.26. The lowest BCUT2D eigenvalue weighted by atomic mass is 9.86. The minimum atomic E-state index is 0.379. The second-order valence-corrected chi connectivity index (χ2v) is 5.24. The lowest BCUT2D eigenvalue weighted by Crippen LogP contribution is -2.31. The summed E-state index contributed by atoms with van der Waals surface area (Å²) in [7, 11) is 0. The van der Waals surface area contributed by atoms with Crippen LogP contribution in [-0.2, 0) is 0 Å². The molecule has 1 aromatic rings. The van der Waals surface area contributed by atoms with Crippen LogP contribution in [0.15, 0.2) is 0 Å². The van der Waals surface area contributed by atoms with E-state index < -0.39 is 0 Å². The van der Waals surface area contributed by atoms with Crippen molar-refractivity contribution < 1.29 is 4.74 Å². The van der Waals surface area contributed by atoms with E-state index in [9.17, 15) is 0 Å². The monoisotopic (exact) mass is 279 g/mol. The SMILES string of the molecule is CCNc1nc(NC2CCCCC2C)nc(OCC)n1. The fourth-order valence-electron chi connectivity index (χ4n) is 2.55. The first kappa shape index (κ1) is 14.8. The van der Waals surface area contributed by atoms with Crippen LogP contribution >= 0.6 is 0 Å². The molecular formula is C14H25N5O. The predicted molar refractivity (Wildman–Crippen MR) is 80.2 cm³/mol. The molecule has 2 unspecified atom stereocenters. The number of hydrogen-bond donors (Lipinski definition) is 2. The van der Waals surface area contributed by atoms with E-state index in [0.717, 1.165) is 6.54 Å². The van der Waals surface area contributed by atoms with Crippen molar-refractivity contribution in [3.05, 3.63) is 0 Å². The summed E-state index contributed by atoms with van der Waals surface area (Å²) in [5, 5.41) is 6.56. The smallest absolute Gasteiger partial charge is 0.323 e. The zero-order chi connectivity index (χ0) is 14.4. The molecule has 1 fully saturated rings. The van der Waals surface area contributed by atoms with E-state index in [1.165, 1.54) is 25.7 Å². The van der Waals surface area contributed by atoms with E-state index in [0.29, 0.717) is 36.5 Å². The van der Waals surface area contributed by atoms with Crippen molar-refractivity contribution in [1.82, 2.24) is 15.0 Å². The molecule has 1 saturated carbocycles. The maximum atomic E-state index is 5.41. The molecule has 2 rings (SSSR count). The Balaban J connectivity index is 2.12. The number of ether oxygens (including phenoxy) is 1. The highest BCUT2D eigenvalue weighted by atomic mass is 16.5. The highest BCUT2D eigenvalue weighted by Gasteiger charge is 2.22. The summed E-state index contributed by atoms with van der Waals surface area (Å²) < 4.78 is 5.41. The number of aromatic nitrogens is 3. The van der Waals surface area contributed by atoms with Crippen molar-refractivity contribution in [3.8, 4) is 6.01 Å². The molecule has 6 heteroatoms. The van der Waals surface area contributed by atoms with Gasteiger partial charge in [-0.2, -0.15) is 15.0 Å². The van der Waals surface area contributed by atoms with Gasteiger partial charge in [-0.25, -0.2) is 0 Å². The molecule has 0 aromatic carbocycles. The van der Waals surface area contributed by atoms with Crippen molar-refractivity contribution in [2.24, 2.45) is 5.92 Å². The molecule has 1 aliphatic rings. The summed E-state index contributed by atoms with van der Waals surface area (Å²) >= 11 is 0. The van der Waals surface area contributed by atoms with Crippen LogP contribution in [-0.4, -0.2) is 34.1 Å². The standard InChI is InChI=1S/C14H25N5O/c1-4-15-12-17-13(19-14(18-12)20-5-2)16-11-9-7-6-8-10(11)3/h10-11H,4-9H2,1-3H3,(H2,15,16,17,18,19). The highest BCUT2D eigenvalue weighted by molar-refractivity contribution is 5.36. The lowest BCUT2D eigenvalue weighted by Gasteiger charge is -2.29. The molecule has 0 aliphatic heterocycles. The Kier molecular flexibility index (Phi) is 5.38. The third-order valence-corrected chi connectivity index (χ3v) is 3.65. The van der Waals surface area contributed by atoms with E-state index in [1.807, 2.05) is 13.8 Å². The fraction of sp³-hybridized carbons (Fsp3) is 0.786. The van der Waals surface area contributed by atoms with Gasteiger partial charge in [0.15, 0.2) is 0 Å². The molecule has 0 amide bonds. The molecule has 20 heavy (non-hydrogen) atoms. The van der Waals surface area contributed by atoms with Crippen LogP contribution in [0.4, 0.5) is 11.9 Å². The summed E-state index contributed by atoms with van der Waals surface area (Å²) in [5.74, 6) is 1.83. The third kappa shape index (κ3) is 3.95. The molecule has 2 N–H and O–H groups in total. The van der Waals surface area contributed by atoms with E-state index in [-0.39, 0.29) is 0 Å². The van der Waals surface area contributed by atoms with Gasteiger partial charge in [-0.05, 0) is 32.6 Å². The Morgan fingerprint density at radius 3 is 2.55 bits per heavy atom. The third-order valence-electron chi connectivity index (χ3n) is 3.65. The number of nitrogens with zero attached hydrogens (tertiary/aromatic N) is 3. The highest BCUT2D eigenvalue weighted by Crippen LogP contribution is 2.26. The normalized spacial score (nSPS) is 22.4. The Morgan fingerprint density at radius 1 is 1.10 bits per heavy atom. The van der Waals surface area contributed by atoms with Gasteiger partial charge >= 0.3 is 6.01 Å². The Morgan fingerprint density at radius 2 is 1.85 bits per heavy atom. The maximum Gasteiger partial charge on any atom is 0.323 e. The minimum Gasteiger partial charge on any atom is -0.464 e. The zero-order valence-corrected chi connectivity index (χ0v) is 12.6. The summed E-state index contributed by atoms with van der Waals surface area (Å²) in [4.78, 5) is 13.0. The molecule has 0 spiro atoms. The molecule has 112 valence electrons. The zero-order valence-electron chi connectivity index (χ0n) is 12.6. The van der Waals surface area contributed by atoms with Crippen molar-refractivity contribution in [2.75, 3.05) is 23.8 Å². The average Bonchev–Trinajstić information content (AvgIpc) is 2.42. The molecule has 1 aliphatic carbocycles. The summed E-state index contributed by atoms with van der Waals surface area (Å²) in [6, 6.07) is 0.819. The predicted octanol–water partition coefficient (Wildman–Crippen LogP) is 2.69. The largest absolute Gasteiger partial charge is 0.464 e. The molecule has 0 bridgehead atoms. The number of rotatable bonds is 6. The molecule has 1 heterocycles. The van der Waals surface area contributed by atoms with Gasteiger partial charge in [0.2, 0.25) is 11.9 Å². The van der Waals surface area contributed by atoms with Crippen LogP contribution in [0, 0.1) is 5.92 Å². The van der Waals surface area contributed by atoms with Gasteiger partial charge in [0.25, 0.3) is 0 Å². The van der Waals surface area contributed by atoms with E-state index >= 15 is 0 Å². The first-order chi connectivity index (χ1) is 9.72. The van der Waals surface area contributed by atoms with Crippen molar-refractivity contribution in [2.45, 2.75) is 52.5 Å². The quantitative estimate of drug-likeness (QED) is 0.834. The number of hydrogen-bond acceptors (Lipinski definition) is 6. The summed E-state index contributed by atoms with van der Waals surface area (Å²) in [6.07, 6.45) is 5.03. The number of nitrogens with one attached hydrogen (secondary N) is 2. The Labute approximate surface area is 120 Å². The van der Waals surface area contributed by atoms with E-state index in [2.05, 4.69) is 32.5 Å². The summed E-state index contributed by atoms with van der Waals surface area (Å²) in [6.45, 7) is 7.55. The molecular weight excluding hydrogens is 254 g/mol. The van der Waals surface area contributed by atoms with Gasteiger partial charge in [0.1, 0.15) is 0 Å². The molecule has 6 nitrogen and oxygen atoms in total. The van der Waals surface area contributed by atoms with Gasteiger partial charge in [0.05, 0.1) is 6.61 Å². The molecule has 0 saturated heterocycles. The van der Waals surface area contributed by atoms with Crippen LogP contribution in [0.3, 0.4) is 0 Å². The van der Waals surface area contributed by atoms with E-state index in [4.69, 9.17) is 4.74 Å². The Hall–Kier alpha value is -1.59. The molecule has 1 aromatic heterocycles.